The first-order valence-electron chi connectivity index (χ1n) is 10.8. The fourth-order valence-corrected chi connectivity index (χ4v) is 5.65. The summed E-state index contributed by atoms with van der Waals surface area (Å²) in [6, 6.07) is 10.6. The molecule has 0 aromatic heterocycles. The van der Waals surface area contributed by atoms with Crippen LogP contribution in [0.25, 0.3) is 11.1 Å². The van der Waals surface area contributed by atoms with Gasteiger partial charge in [-0.1, -0.05) is 18.2 Å². The average Bonchev–Trinajstić information content (AvgIpc) is 3.33. The highest BCUT2D eigenvalue weighted by Gasteiger charge is 2.38. The van der Waals surface area contributed by atoms with Crippen LogP contribution in [0.4, 0.5) is 18.9 Å². The molecule has 1 heterocycles. The molecule has 34 heavy (non-hydrogen) atoms. The molecule has 1 aliphatic heterocycles. The lowest BCUT2D eigenvalue weighted by molar-refractivity contribution is -0.122. The van der Waals surface area contributed by atoms with Crippen molar-refractivity contribution in [1.82, 2.24) is 0 Å². The third-order valence-electron chi connectivity index (χ3n) is 6.62. The van der Waals surface area contributed by atoms with E-state index in [2.05, 4.69) is 0 Å². The fourth-order valence-electron chi connectivity index (χ4n) is 5.05. The lowest BCUT2D eigenvalue weighted by atomic mass is 10.00. The van der Waals surface area contributed by atoms with Crippen molar-refractivity contribution < 1.29 is 26.4 Å². The van der Waals surface area contributed by atoms with Crippen LogP contribution in [0.2, 0.25) is 0 Å². The van der Waals surface area contributed by atoms with Gasteiger partial charge >= 0.3 is 0 Å². The first-order chi connectivity index (χ1) is 16.0. The van der Waals surface area contributed by atoms with E-state index in [9.17, 15) is 26.4 Å². The molecule has 0 radical (unpaired) electrons. The quantitative estimate of drug-likeness (QED) is 0.605. The molecule has 0 saturated heterocycles. The highest BCUT2D eigenvalue weighted by Crippen LogP contribution is 2.39. The summed E-state index contributed by atoms with van der Waals surface area (Å²) in [5.41, 5.74) is 3.38. The number of halogens is 3. The van der Waals surface area contributed by atoms with Gasteiger partial charge in [0.2, 0.25) is 15.9 Å². The number of hydrogen-bond donors (Lipinski definition) is 1. The van der Waals surface area contributed by atoms with Gasteiger partial charge in [-0.05, 0) is 78.8 Å². The zero-order chi connectivity index (χ0) is 24.4. The van der Waals surface area contributed by atoms with Crippen molar-refractivity contribution >= 4 is 21.6 Å². The highest BCUT2D eigenvalue weighted by atomic mass is 32.2. The molecule has 2 atom stereocenters. The molecule has 3 aromatic carbocycles. The maximum Gasteiger partial charge on any atom is 0.241 e. The number of carbonyl (C=O) groups excluding carboxylic acids is 1. The minimum Gasteiger partial charge on any atom is -0.309 e. The molecule has 1 amide bonds. The monoisotopic (exact) mass is 486 g/mol. The Balaban J connectivity index is 1.45. The Morgan fingerprint density at radius 2 is 1.65 bits per heavy atom. The Morgan fingerprint density at radius 1 is 0.912 bits per heavy atom. The standard InChI is InChI=1S/C25H21F3N2O3S/c1-13-6-17-10-22(28)24(34(29,32)33)12-23(17)30(13)25(31)18-7-14-2-3-15(8-16(14)9-18)20-11-19(26)4-5-21(20)27/h2-5,8,10-13,18H,6-7,9H2,1H3,(H2,29,32,33). The van der Waals surface area contributed by atoms with Gasteiger partial charge < -0.3 is 4.90 Å². The predicted octanol–water partition coefficient (Wildman–Crippen LogP) is 4.11. The fraction of sp³-hybridized carbons (Fsp3) is 0.240. The number of primary sulfonamides is 1. The summed E-state index contributed by atoms with van der Waals surface area (Å²) in [6.07, 6.45) is 1.26. The maximum atomic E-state index is 14.3. The molecule has 5 rings (SSSR count). The minimum absolute atomic E-state index is 0.150. The van der Waals surface area contributed by atoms with Crippen LogP contribution in [-0.4, -0.2) is 20.4 Å². The summed E-state index contributed by atoms with van der Waals surface area (Å²) in [4.78, 5) is 14.4. The van der Waals surface area contributed by atoms with E-state index in [1.165, 1.54) is 4.90 Å². The number of benzene rings is 3. The number of carbonyl (C=O) groups is 1. The third-order valence-corrected chi connectivity index (χ3v) is 7.55. The van der Waals surface area contributed by atoms with E-state index in [0.29, 0.717) is 36.1 Å². The van der Waals surface area contributed by atoms with Crippen molar-refractivity contribution in [2.24, 2.45) is 11.1 Å². The summed E-state index contributed by atoms with van der Waals surface area (Å²) in [5, 5.41) is 5.15. The number of hydrogen-bond acceptors (Lipinski definition) is 3. The number of amides is 1. The lowest BCUT2D eigenvalue weighted by Crippen LogP contribution is -2.40. The molecule has 2 N–H and O–H groups in total. The van der Waals surface area contributed by atoms with E-state index < -0.39 is 38.3 Å². The lowest BCUT2D eigenvalue weighted by Gasteiger charge is -2.26. The Bertz CT molecular complexity index is 1460. The van der Waals surface area contributed by atoms with Crippen molar-refractivity contribution in [1.29, 1.82) is 0 Å². The van der Waals surface area contributed by atoms with E-state index in [4.69, 9.17) is 5.14 Å². The van der Waals surface area contributed by atoms with Crippen LogP contribution < -0.4 is 10.0 Å². The van der Waals surface area contributed by atoms with Gasteiger partial charge in [-0.25, -0.2) is 26.7 Å². The minimum atomic E-state index is -4.29. The number of fused-ring (bicyclic) bond motifs is 2. The number of nitrogens with zero attached hydrogens (tertiary/aromatic N) is 1. The zero-order valence-electron chi connectivity index (χ0n) is 18.2. The first-order valence-corrected chi connectivity index (χ1v) is 12.3. The summed E-state index contributed by atoms with van der Waals surface area (Å²) in [7, 11) is -4.29. The van der Waals surface area contributed by atoms with Crippen LogP contribution in [0, 0.1) is 23.4 Å². The molecule has 0 bridgehead atoms. The van der Waals surface area contributed by atoms with Gasteiger partial charge in [0.05, 0.1) is 0 Å². The molecule has 176 valence electrons. The molecule has 1 aliphatic carbocycles. The van der Waals surface area contributed by atoms with Crippen molar-refractivity contribution in [3.05, 3.63) is 82.7 Å². The number of sulfonamides is 1. The molecule has 0 saturated carbocycles. The molecule has 0 spiro atoms. The second kappa shape index (κ2) is 7.95. The molecule has 5 nitrogen and oxygen atoms in total. The van der Waals surface area contributed by atoms with E-state index in [1.807, 2.05) is 13.0 Å². The average molecular weight is 487 g/mol. The summed E-state index contributed by atoms with van der Waals surface area (Å²) in [6.45, 7) is 1.82. The first kappa shape index (κ1) is 22.6. The highest BCUT2D eigenvalue weighted by molar-refractivity contribution is 7.89. The van der Waals surface area contributed by atoms with Crippen molar-refractivity contribution in [2.75, 3.05) is 4.90 Å². The summed E-state index contributed by atoms with van der Waals surface area (Å²) >= 11 is 0. The van der Waals surface area contributed by atoms with Crippen LogP contribution in [-0.2, 0) is 34.1 Å². The largest absolute Gasteiger partial charge is 0.309 e. The van der Waals surface area contributed by atoms with Crippen LogP contribution in [0.3, 0.4) is 0 Å². The van der Waals surface area contributed by atoms with Crippen molar-refractivity contribution in [2.45, 2.75) is 37.1 Å². The topological polar surface area (TPSA) is 80.5 Å². The molecule has 3 aromatic rings. The van der Waals surface area contributed by atoms with Crippen LogP contribution in [0.1, 0.15) is 23.6 Å². The normalized spacial score (nSPS) is 19.3. The number of anilines is 1. The van der Waals surface area contributed by atoms with Gasteiger partial charge in [-0.2, -0.15) is 0 Å². The second-order valence-electron chi connectivity index (χ2n) is 8.93. The summed E-state index contributed by atoms with van der Waals surface area (Å²) < 4.78 is 65.8. The Hall–Kier alpha value is -3.17. The molecule has 2 aliphatic rings. The smallest absolute Gasteiger partial charge is 0.241 e. The SMILES string of the molecule is CC1Cc2cc(F)c(S(N)(=O)=O)cc2N1C(=O)C1Cc2ccc(-c3cc(F)ccc3F)cc2C1. The Morgan fingerprint density at radius 3 is 2.38 bits per heavy atom. The molecular weight excluding hydrogens is 465 g/mol. The van der Waals surface area contributed by atoms with Crippen LogP contribution in [0.15, 0.2) is 53.4 Å². The zero-order valence-corrected chi connectivity index (χ0v) is 19.0. The van der Waals surface area contributed by atoms with Crippen molar-refractivity contribution in [3.63, 3.8) is 0 Å². The van der Waals surface area contributed by atoms with Gasteiger partial charge in [0.15, 0.2) is 0 Å². The molecule has 2 unspecified atom stereocenters. The van der Waals surface area contributed by atoms with Gasteiger partial charge in [-0.3, -0.25) is 4.79 Å². The third kappa shape index (κ3) is 3.78. The maximum absolute atomic E-state index is 14.3. The van der Waals surface area contributed by atoms with Gasteiger partial charge in [0, 0.05) is 23.2 Å². The van der Waals surface area contributed by atoms with Gasteiger partial charge in [-0.15, -0.1) is 0 Å². The molecule has 9 heteroatoms. The second-order valence-corrected chi connectivity index (χ2v) is 10.5. The Labute approximate surface area is 195 Å². The van der Waals surface area contributed by atoms with E-state index in [-0.39, 0.29) is 17.5 Å². The van der Waals surface area contributed by atoms with Crippen LogP contribution >= 0.6 is 0 Å². The molecular formula is C25H21F3N2O3S. The van der Waals surface area contributed by atoms with Gasteiger partial charge in [0.25, 0.3) is 0 Å². The van der Waals surface area contributed by atoms with Gasteiger partial charge in [0.1, 0.15) is 22.3 Å². The van der Waals surface area contributed by atoms with E-state index in [1.54, 1.807) is 12.1 Å². The summed E-state index contributed by atoms with van der Waals surface area (Å²) in [5.74, 6) is -2.63. The van der Waals surface area contributed by atoms with Crippen LogP contribution in [0.5, 0.6) is 0 Å². The number of rotatable bonds is 3. The van der Waals surface area contributed by atoms with E-state index >= 15 is 0 Å². The molecule has 0 fully saturated rings. The Kier molecular flexibility index (Phi) is 5.29. The van der Waals surface area contributed by atoms with E-state index in [0.717, 1.165) is 41.5 Å². The van der Waals surface area contributed by atoms with Crippen molar-refractivity contribution in [3.8, 4) is 11.1 Å². The number of nitrogens with two attached hydrogens (primary N) is 1. The predicted molar refractivity (Wildman–Crippen MR) is 121 cm³/mol.